The molecule has 1 aromatic heterocycles. The number of thioether (sulfide) groups is 1. The number of imidazole rings is 1. The maximum absolute atomic E-state index is 12.8. The van der Waals surface area contributed by atoms with Crippen LogP contribution in [-0.4, -0.2) is 65.9 Å². The lowest BCUT2D eigenvalue weighted by Gasteiger charge is -2.36. The van der Waals surface area contributed by atoms with Crippen LogP contribution in [0.15, 0.2) is 72.0 Å². The molecule has 2 heterocycles. The molecule has 1 aliphatic heterocycles. The molecule has 6 nitrogen and oxygen atoms in total. The number of hydrogen-bond donors (Lipinski definition) is 1. The fourth-order valence-corrected chi connectivity index (χ4v) is 4.30. The Morgan fingerprint density at radius 1 is 0.967 bits per heavy atom. The van der Waals surface area contributed by atoms with Gasteiger partial charge in [-0.15, -0.1) is 0 Å². The highest BCUT2D eigenvalue weighted by Gasteiger charge is 2.19. The minimum Gasteiger partial charge on any atom is -0.369 e. The minimum absolute atomic E-state index is 0.0884. The molecule has 0 unspecified atom stereocenters. The summed E-state index contributed by atoms with van der Waals surface area (Å²) in [6.45, 7) is 5.50. The van der Waals surface area contributed by atoms with Crippen molar-refractivity contribution in [1.82, 2.24) is 19.8 Å². The van der Waals surface area contributed by atoms with Crippen molar-refractivity contribution in [3.05, 3.63) is 72.6 Å². The summed E-state index contributed by atoms with van der Waals surface area (Å²) in [6.07, 6.45) is 3.63. The van der Waals surface area contributed by atoms with E-state index in [4.69, 9.17) is 0 Å². The maximum Gasteiger partial charge on any atom is 0.270 e. The van der Waals surface area contributed by atoms with E-state index in [1.165, 1.54) is 17.4 Å². The second-order valence-corrected chi connectivity index (χ2v) is 7.99. The van der Waals surface area contributed by atoms with Crippen molar-refractivity contribution in [1.29, 1.82) is 0 Å². The fraction of sp³-hybridized carbons (Fsp3) is 0.304. The highest BCUT2D eigenvalue weighted by Crippen LogP contribution is 2.21. The van der Waals surface area contributed by atoms with Crippen molar-refractivity contribution in [2.45, 2.75) is 5.16 Å². The van der Waals surface area contributed by atoms with Crippen LogP contribution in [-0.2, 0) is 0 Å². The Bertz CT molecular complexity index is 952. The van der Waals surface area contributed by atoms with Gasteiger partial charge in [0.1, 0.15) is 5.69 Å². The first-order chi connectivity index (χ1) is 14.8. The predicted octanol–water partition coefficient (Wildman–Crippen LogP) is 3.15. The molecule has 1 fully saturated rings. The molecule has 0 spiro atoms. The summed E-state index contributed by atoms with van der Waals surface area (Å²) in [5.41, 5.74) is 2.80. The molecule has 0 bridgehead atoms. The normalized spacial score (nSPS) is 14.6. The van der Waals surface area contributed by atoms with E-state index in [-0.39, 0.29) is 5.91 Å². The maximum atomic E-state index is 12.8. The van der Waals surface area contributed by atoms with Crippen molar-refractivity contribution in [3.63, 3.8) is 0 Å². The number of anilines is 1. The average molecular weight is 422 g/mol. The zero-order chi connectivity index (χ0) is 20.8. The first kappa shape index (κ1) is 20.5. The highest BCUT2D eigenvalue weighted by atomic mass is 32.2. The summed E-state index contributed by atoms with van der Waals surface area (Å²) in [6, 6.07) is 20.4. The van der Waals surface area contributed by atoms with E-state index < -0.39 is 0 Å². The number of carbonyl (C=O) groups excluding carboxylic acids is 1. The zero-order valence-corrected chi connectivity index (χ0v) is 18.0. The van der Waals surface area contributed by atoms with Gasteiger partial charge in [0, 0.05) is 50.6 Å². The van der Waals surface area contributed by atoms with Crippen molar-refractivity contribution < 1.29 is 4.79 Å². The molecule has 3 aromatic rings. The van der Waals surface area contributed by atoms with Crippen LogP contribution >= 0.6 is 11.8 Å². The van der Waals surface area contributed by atoms with E-state index in [1.807, 2.05) is 47.2 Å². The molecular formula is C23H27N5OS. The van der Waals surface area contributed by atoms with Crippen LogP contribution in [0.3, 0.4) is 0 Å². The van der Waals surface area contributed by atoms with Crippen molar-refractivity contribution in [2.75, 3.05) is 50.4 Å². The van der Waals surface area contributed by atoms with Crippen LogP contribution in [0.5, 0.6) is 0 Å². The zero-order valence-electron chi connectivity index (χ0n) is 17.2. The Hall–Kier alpha value is -2.77. The summed E-state index contributed by atoms with van der Waals surface area (Å²) in [7, 11) is 0. The first-order valence-electron chi connectivity index (χ1n) is 10.2. The number of para-hydroxylation sites is 2. The monoisotopic (exact) mass is 421 g/mol. The number of rotatable bonds is 7. The van der Waals surface area contributed by atoms with E-state index in [9.17, 15) is 4.79 Å². The summed E-state index contributed by atoms with van der Waals surface area (Å²) in [5, 5.41) is 3.88. The van der Waals surface area contributed by atoms with Gasteiger partial charge in [-0.25, -0.2) is 4.98 Å². The molecule has 7 heteroatoms. The fourth-order valence-electron chi connectivity index (χ4n) is 3.75. The van der Waals surface area contributed by atoms with Gasteiger partial charge in [-0.1, -0.05) is 48.2 Å². The predicted molar refractivity (Wildman–Crippen MR) is 123 cm³/mol. The molecule has 1 N–H and O–H groups in total. The van der Waals surface area contributed by atoms with Gasteiger partial charge in [0.2, 0.25) is 0 Å². The van der Waals surface area contributed by atoms with E-state index in [0.717, 1.165) is 43.6 Å². The Labute approximate surface area is 181 Å². The van der Waals surface area contributed by atoms with E-state index in [1.54, 1.807) is 6.20 Å². The quantitative estimate of drug-likeness (QED) is 0.594. The van der Waals surface area contributed by atoms with Gasteiger partial charge in [-0.3, -0.25) is 14.3 Å². The number of benzene rings is 2. The van der Waals surface area contributed by atoms with Gasteiger partial charge in [0.15, 0.2) is 5.16 Å². The number of hydrogen-bond acceptors (Lipinski definition) is 5. The average Bonchev–Trinajstić information content (AvgIpc) is 3.25. The van der Waals surface area contributed by atoms with Crippen LogP contribution in [0.1, 0.15) is 10.5 Å². The Kier molecular flexibility index (Phi) is 6.71. The third-order valence-corrected chi connectivity index (χ3v) is 6.02. The Balaban J connectivity index is 1.30. The third kappa shape index (κ3) is 4.68. The molecule has 30 heavy (non-hydrogen) atoms. The van der Waals surface area contributed by atoms with E-state index in [2.05, 4.69) is 44.4 Å². The van der Waals surface area contributed by atoms with E-state index in [0.29, 0.717) is 12.2 Å². The molecule has 2 aromatic carbocycles. The van der Waals surface area contributed by atoms with Gasteiger partial charge < -0.3 is 10.2 Å². The van der Waals surface area contributed by atoms with Gasteiger partial charge in [0.05, 0.1) is 6.20 Å². The summed E-state index contributed by atoms with van der Waals surface area (Å²) in [5.74, 6) is -0.0884. The lowest BCUT2D eigenvalue weighted by Crippen LogP contribution is -2.48. The number of nitrogens with zero attached hydrogens (tertiary/aromatic N) is 4. The molecule has 1 saturated heterocycles. The van der Waals surface area contributed by atoms with Crippen LogP contribution < -0.4 is 10.2 Å². The van der Waals surface area contributed by atoms with Crippen LogP contribution in [0.25, 0.3) is 5.69 Å². The number of piperazine rings is 1. The highest BCUT2D eigenvalue weighted by molar-refractivity contribution is 7.98. The van der Waals surface area contributed by atoms with Crippen LogP contribution in [0, 0.1) is 0 Å². The molecular weight excluding hydrogens is 394 g/mol. The van der Waals surface area contributed by atoms with Crippen LogP contribution in [0.2, 0.25) is 0 Å². The second-order valence-electron chi connectivity index (χ2n) is 7.22. The number of amides is 1. The summed E-state index contributed by atoms with van der Waals surface area (Å²) >= 11 is 1.53. The van der Waals surface area contributed by atoms with Crippen molar-refractivity contribution >= 4 is 23.4 Å². The summed E-state index contributed by atoms with van der Waals surface area (Å²) in [4.78, 5) is 22.1. The second kappa shape index (κ2) is 9.82. The number of nitrogens with one attached hydrogen (secondary N) is 1. The molecule has 1 amide bonds. The standard InChI is InChI=1S/C23H27N5OS/c1-30-23-25-18-21(28(23)20-10-6-3-7-11-20)22(29)24-12-13-26-14-16-27(17-15-26)19-8-4-2-5-9-19/h2-11,18H,12-17H2,1H3,(H,24,29). The van der Waals surface area contributed by atoms with Crippen molar-refractivity contribution in [3.8, 4) is 5.69 Å². The molecule has 1 aliphatic rings. The minimum atomic E-state index is -0.0884. The molecule has 0 aliphatic carbocycles. The molecule has 0 atom stereocenters. The summed E-state index contributed by atoms with van der Waals surface area (Å²) < 4.78 is 1.92. The SMILES string of the molecule is CSc1ncc(C(=O)NCCN2CCN(c3ccccc3)CC2)n1-c1ccccc1. The molecule has 0 radical (unpaired) electrons. The Morgan fingerprint density at radius 3 is 2.23 bits per heavy atom. The van der Waals surface area contributed by atoms with Gasteiger partial charge in [-0.05, 0) is 30.5 Å². The smallest absolute Gasteiger partial charge is 0.270 e. The third-order valence-electron chi connectivity index (χ3n) is 5.37. The Morgan fingerprint density at radius 2 is 1.60 bits per heavy atom. The van der Waals surface area contributed by atoms with Gasteiger partial charge in [-0.2, -0.15) is 0 Å². The lowest BCUT2D eigenvalue weighted by molar-refractivity contribution is 0.0940. The molecule has 4 rings (SSSR count). The van der Waals surface area contributed by atoms with Gasteiger partial charge >= 0.3 is 0 Å². The van der Waals surface area contributed by atoms with Crippen molar-refractivity contribution in [2.24, 2.45) is 0 Å². The van der Waals surface area contributed by atoms with Crippen LogP contribution in [0.4, 0.5) is 5.69 Å². The molecule has 0 saturated carbocycles. The van der Waals surface area contributed by atoms with Gasteiger partial charge in [0.25, 0.3) is 5.91 Å². The largest absolute Gasteiger partial charge is 0.369 e. The topological polar surface area (TPSA) is 53.4 Å². The lowest BCUT2D eigenvalue weighted by atomic mass is 10.2. The number of carbonyl (C=O) groups is 1. The number of aromatic nitrogens is 2. The van der Waals surface area contributed by atoms with E-state index >= 15 is 0 Å². The first-order valence-corrected chi connectivity index (χ1v) is 11.5. The molecule has 156 valence electrons.